The van der Waals surface area contributed by atoms with Gasteiger partial charge in [-0.05, 0) is 18.8 Å². The third-order valence-corrected chi connectivity index (χ3v) is 5.23. The maximum atomic E-state index is 12.3. The van der Waals surface area contributed by atoms with Crippen LogP contribution in [0.5, 0.6) is 0 Å². The summed E-state index contributed by atoms with van der Waals surface area (Å²) in [5, 5.41) is 0. The van der Waals surface area contributed by atoms with Crippen molar-refractivity contribution < 1.29 is 4.79 Å². The van der Waals surface area contributed by atoms with Gasteiger partial charge in [-0.25, -0.2) is 0 Å². The molecule has 0 bridgehead atoms. The summed E-state index contributed by atoms with van der Waals surface area (Å²) in [4.78, 5) is 21.4. The van der Waals surface area contributed by atoms with Crippen LogP contribution in [0.1, 0.15) is 88.2 Å². The first kappa shape index (κ1) is 21.3. The van der Waals surface area contributed by atoms with Gasteiger partial charge < -0.3 is 0 Å². The standard InChI is InChI=1S/C24H34N2O/c1-4-6-7-8-9-10-11-22-17-26-23(18-25-22)20-12-14-21(15-13-20)24(27)16-19(3)5-2/h12-15,17-19H,4-11,16H2,1-3H3. The molecule has 0 fully saturated rings. The molecule has 0 amide bonds. The molecule has 27 heavy (non-hydrogen) atoms. The van der Waals surface area contributed by atoms with E-state index in [1.54, 1.807) is 0 Å². The summed E-state index contributed by atoms with van der Waals surface area (Å²) >= 11 is 0. The van der Waals surface area contributed by atoms with Crippen LogP contribution in [0.3, 0.4) is 0 Å². The number of hydrogen-bond donors (Lipinski definition) is 0. The molecule has 0 N–H and O–H groups in total. The van der Waals surface area contributed by atoms with Crippen LogP contribution in [-0.2, 0) is 6.42 Å². The zero-order valence-electron chi connectivity index (χ0n) is 17.2. The van der Waals surface area contributed by atoms with Crippen molar-refractivity contribution in [3.8, 4) is 11.3 Å². The van der Waals surface area contributed by atoms with Gasteiger partial charge in [0.1, 0.15) is 0 Å². The Hall–Kier alpha value is -2.03. The van der Waals surface area contributed by atoms with Crippen LogP contribution in [0.2, 0.25) is 0 Å². The molecule has 3 heteroatoms. The van der Waals surface area contributed by atoms with Crippen molar-refractivity contribution in [1.29, 1.82) is 0 Å². The highest BCUT2D eigenvalue weighted by Gasteiger charge is 2.10. The lowest BCUT2D eigenvalue weighted by Gasteiger charge is -2.08. The predicted molar refractivity (Wildman–Crippen MR) is 113 cm³/mol. The highest BCUT2D eigenvalue weighted by Crippen LogP contribution is 2.19. The van der Waals surface area contributed by atoms with Gasteiger partial charge in [-0.2, -0.15) is 0 Å². The molecular formula is C24H34N2O. The summed E-state index contributed by atoms with van der Waals surface area (Å²) in [5.41, 5.74) is 3.72. The Bertz CT molecular complexity index is 677. The number of nitrogens with zero attached hydrogens (tertiary/aromatic N) is 2. The monoisotopic (exact) mass is 366 g/mol. The second-order valence-corrected chi connectivity index (χ2v) is 7.63. The van der Waals surface area contributed by atoms with E-state index in [2.05, 4.69) is 30.7 Å². The van der Waals surface area contributed by atoms with E-state index in [0.29, 0.717) is 12.3 Å². The number of unbranched alkanes of at least 4 members (excludes halogenated alkanes) is 5. The van der Waals surface area contributed by atoms with E-state index in [0.717, 1.165) is 35.4 Å². The second kappa shape index (κ2) is 11.6. The molecule has 0 saturated heterocycles. The van der Waals surface area contributed by atoms with Gasteiger partial charge in [-0.15, -0.1) is 0 Å². The Morgan fingerprint density at radius 2 is 1.63 bits per heavy atom. The number of benzene rings is 1. The average molecular weight is 367 g/mol. The van der Waals surface area contributed by atoms with Crippen LogP contribution in [0, 0.1) is 5.92 Å². The summed E-state index contributed by atoms with van der Waals surface area (Å²) in [6, 6.07) is 7.76. The van der Waals surface area contributed by atoms with Crippen LogP contribution in [0.4, 0.5) is 0 Å². The Morgan fingerprint density at radius 3 is 2.26 bits per heavy atom. The van der Waals surface area contributed by atoms with Gasteiger partial charge in [-0.1, -0.05) is 83.6 Å². The molecule has 1 unspecified atom stereocenters. The van der Waals surface area contributed by atoms with Crippen molar-refractivity contribution >= 4 is 5.78 Å². The van der Waals surface area contributed by atoms with Crippen molar-refractivity contribution in [2.75, 3.05) is 0 Å². The van der Waals surface area contributed by atoms with Crippen LogP contribution in [0.25, 0.3) is 11.3 Å². The van der Waals surface area contributed by atoms with Crippen molar-refractivity contribution in [3.05, 3.63) is 47.9 Å². The molecule has 1 aromatic heterocycles. The van der Waals surface area contributed by atoms with E-state index in [4.69, 9.17) is 0 Å². The molecule has 2 rings (SSSR count). The Labute approximate surface area is 164 Å². The van der Waals surface area contributed by atoms with Gasteiger partial charge in [0.15, 0.2) is 5.78 Å². The summed E-state index contributed by atoms with van der Waals surface area (Å²) < 4.78 is 0. The smallest absolute Gasteiger partial charge is 0.163 e. The van der Waals surface area contributed by atoms with E-state index in [1.807, 2.05) is 36.7 Å². The van der Waals surface area contributed by atoms with E-state index in [-0.39, 0.29) is 5.78 Å². The van der Waals surface area contributed by atoms with Gasteiger partial charge in [0.25, 0.3) is 0 Å². The zero-order chi connectivity index (χ0) is 19.5. The van der Waals surface area contributed by atoms with Gasteiger partial charge in [0.2, 0.25) is 0 Å². The zero-order valence-corrected chi connectivity index (χ0v) is 17.2. The maximum absolute atomic E-state index is 12.3. The molecule has 2 aromatic rings. The predicted octanol–water partition coefficient (Wildman–Crippen LogP) is 6.67. The highest BCUT2D eigenvalue weighted by atomic mass is 16.1. The lowest BCUT2D eigenvalue weighted by Crippen LogP contribution is -2.05. The SMILES string of the molecule is CCCCCCCCc1cnc(-c2ccc(C(=O)CC(C)CC)cc2)cn1. The molecule has 1 atom stereocenters. The van der Waals surface area contributed by atoms with E-state index in [1.165, 1.54) is 38.5 Å². The fraction of sp³-hybridized carbons (Fsp3) is 0.542. The molecule has 0 aliphatic carbocycles. The first-order valence-corrected chi connectivity index (χ1v) is 10.6. The third kappa shape index (κ3) is 7.24. The molecular weight excluding hydrogens is 332 g/mol. The summed E-state index contributed by atoms with van der Waals surface area (Å²) in [6.07, 6.45) is 14.1. The number of aryl methyl sites for hydroxylation is 1. The molecule has 146 valence electrons. The summed E-state index contributed by atoms with van der Waals surface area (Å²) in [6.45, 7) is 6.49. The highest BCUT2D eigenvalue weighted by molar-refractivity contribution is 5.96. The topological polar surface area (TPSA) is 42.9 Å². The fourth-order valence-corrected chi connectivity index (χ4v) is 3.12. The maximum Gasteiger partial charge on any atom is 0.163 e. The minimum Gasteiger partial charge on any atom is -0.294 e. The van der Waals surface area contributed by atoms with Crippen molar-refractivity contribution in [2.45, 2.75) is 78.6 Å². The Morgan fingerprint density at radius 1 is 0.926 bits per heavy atom. The molecule has 0 spiro atoms. The lowest BCUT2D eigenvalue weighted by molar-refractivity contribution is 0.0963. The van der Waals surface area contributed by atoms with E-state index < -0.39 is 0 Å². The fourth-order valence-electron chi connectivity index (χ4n) is 3.12. The molecule has 0 aliphatic heterocycles. The number of ketones is 1. The number of Topliss-reactive ketones (excluding diaryl/α,β-unsaturated/α-hetero) is 1. The number of carbonyl (C=O) groups excluding carboxylic acids is 1. The van der Waals surface area contributed by atoms with Crippen LogP contribution in [0.15, 0.2) is 36.7 Å². The summed E-state index contributed by atoms with van der Waals surface area (Å²) in [7, 11) is 0. The molecule has 3 nitrogen and oxygen atoms in total. The normalized spacial score (nSPS) is 12.1. The van der Waals surface area contributed by atoms with Crippen molar-refractivity contribution in [3.63, 3.8) is 0 Å². The molecule has 0 saturated carbocycles. The van der Waals surface area contributed by atoms with Crippen LogP contribution < -0.4 is 0 Å². The minimum atomic E-state index is 0.219. The minimum absolute atomic E-state index is 0.219. The quantitative estimate of drug-likeness (QED) is 0.311. The van der Waals surface area contributed by atoms with E-state index >= 15 is 0 Å². The first-order chi connectivity index (χ1) is 13.1. The van der Waals surface area contributed by atoms with Gasteiger partial charge in [0.05, 0.1) is 17.6 Å². The number of rotatable bonds is 12. The second-order valence-electron chi connectivity index (χ2n) is 7.63. The van der Waals surface area contributed by atoms with Gasteiger partial charge in [-0.3, -0.25) is 14.8 Å². The molecule has 1 aromatic carbocycles. The van der Waals surface area contributed by atoms with Crippen LogP contribution >= 0.6 is 0 Å². The summed E-state index contributed by atoms with van der Waals surface area (Å²) in [5.74, 6) is 0.651. The van der Waals surface area contributed by atoms with Crippen molar-refractivity contribution in [1.82, 2.24) is 9.97 Å². The van der Waals surface area contributed by atoms with E-state index in [9.17, 15) is 4.79 Å². The lowest BCUT2D eigenvalue weighted by atomic mass is 9.97. The Kier molecular flexibility index (Phi) is 9.17. The van der Waals surface area contributed by atoms with Gasteiger partial charge >= 0.3 is 0 Å². The molecule has 0 aliphatic rings. The van der Waals surface area contributed by atoms with Crippen molar-refractivity contribution in [2.24, 2.45) is 5.92 Å². The largest absolute Gasteiger partial charge is 0.294 e. The third-order valence-electron chi connectivity index (χ3n) is 5.23. The number of carbonyl (C=O) groups is 1. The average Bonchev–Trinajstić information content (AvgIpc) is 2.71. The number of hydrogen-bond acceptors (Lipinski definition) is 3. The molecule has 1 heterocycles. The van der Waals surface area contributed by atoms with Gasteiger partial charge in [0, 0.05) is 23.7 Å². The first-order valence-electron chi connectivity index (χ1n) is 10.6. The molecule has 0 radical (unpaired) electrons. The van der Waals surface area contributed by atoms with Crippen LogP contribution in [-0.4, -0.2) is 15.8 Å². The Balaban J connectivity index is 1.86. The number of aromatic nitrogens is 2.